The number of likely N-dealkylation sites (N-methyl/N-ethyl adjacent to an activating group) is 1. The van der Waals surface area contributed by atoms with Gasteiger partial charge in [0.2, 0.25) is 0 Å². The van der Waals surface area contributed by atoms with Crippen LogP contribution in [0.25, 0.3) is 22.2 Å². The maximum atomic E-state index is 12.8. The molecule has 3 aromatic rings. The van der Waals surface area contributed by atoms with Crippen molar-refractivity contribution in [3.63, 3.8) is 0 Å². The minimum absolute atomic E-state index is 0.135. The molecule has 10 nitrogen and oxygen atoms in total. The van der Waals surface area contributed by atoms with Gasteiger partial charge in [-0.15, -0.1) is 0 Å². The van der Waals surface area contributed by atoms with Gasteiger partial charge in [-0.25, -0.2) is 4.98 Å². The zero-order valence-electron chi connectivity index (χ0n) is 16.1. The van der Waals surface area contributed by atoms with Crippen molar-refractivity contribution in [1.29, 1.82) is 0 Å². The summed E-state index contributed by atoms with van der Waals surface area (Å²) >= 11 is 0. The summed E-state index contributed by atoms with van der Waals surface area (Å²) in [7, 11) is 3.74. The molecule has 3 heterocycles. The zero-order chi connectivity index (χ0) is 20.5. The number of aryl methyl sites for hydroxylation is 1. The highest BCUT2D eigenvalue weighted by Crippen LogP contribution is 2.30. The third kappa shape index (κ3) is 3.49. The second-order valence-corrected chi connectivity index (χ2v) is 6.95. The summed E-state index contributed by atoms with van der Waals surface area (Å²) in [5, 5.41) is 4.63. The van der Waals surface area contributed by atoms with E-state index in [0.29, 0.717) is 30.0 Å². The fourth-order valence-corrected chi connectivity index (χ4v) is 3.45. The monoisotopic (exact) mass is 396 g/mol. The molecule has 1 amide bonds. The number of nitrogens with zero attached hydrogens (tertiary/aromatic N) is 5. The van der Waals surface area contributed by atoms with Crippen molar-refractivity contribution >= 4 is 23.3 Å². The number of carbonyl (C=O) groups excluding carboxylic acids is 2. The summed E-state index contributed by atoms with van der Waals surface area (Å²) in [6.07, 6.45) is 1.25. The molecule has 0 saturated carbocycles. The Hall–Kier alpha value is -3.53. The standard InChI is InChI=1S/C19H20N6O4/c1-23-3-5-25(6-4-23)19(28)14-9-15(24(2)22-14)12-7-13-17(16(8-12)29-11-26)20-10-21-18(13)27/h7-11H,3-6H2,1-2H3,(H,20,21,27). The van der Waals surface area contributed by atoms with Gasteiger partial charge in [-0.05, 0) is 25.2 Å². The number of amides is 1. The Balaban J connectivity index is 1.75. The minimum atomic E-state index is -0.358. The number of nitrogens with one attached hydrogen (secondary N) is 1. The van der Waals surface area contributed by atoms with E-state index in [0.717, 1.165) is 13.1 Å². The fourth-order valence-electron chi connectivity index (χ4n) is 3.45. The molecule has 0 aliphatic carbocycles. The molecule has 0 atom stereocenters. The van der Waals surface area contributed by atoms with Crippen LogP contribution in [0.4, 0.5) is 0 Å². The molecule has 2 aromatic heterocycles. The average molecular weight is 396 g/mol. The first-order valence-corrected chi connectivity index (χ1v) is 9.12. The van der Waals surface area contributed by atoms with E-state index in [2.05, 4.69) is 20.0 Å². The topological polar surface area (TPSA) is 113 Å². The van der Waals surface area contributed by atoms with Gasteiger partial charge in [-0.2, -0.15) is 5.10 Å². The number of ether oxygens (including phenoxy) is 1. The fraction of sp³-hybridized carbons (Fsp3) is 0.316. The first-order chi connectivity index (χ1) is 14.0. The van der Waals surface area contributed by atoms with E-state index in [1.54, 1.807) is 34.8 Å². The Morgan fingerprint density at radius 3 is 2.66 bits per heavy atom. The van der Waals surface area contributed by atoms with Crippen molar-refractivity contribution in [3.05, 3.63) is 40.6 Å². The Bertz CT molecular complexity index is 1140. The van der Waals surface area contributed by atoms with Crippen molar-refractivity contribution in [2.24, 2.45) is 7.05 Å². The molecule has 1 fully saturated rings. The molecule has 150 valence electrons. The highest BCUT2D eigenvalue weighted by Gasteiger charge is 2.24. The quantitative estimate of drug-likeness (QED) is 0.629. The molecule has 4 rings (SSSR count). The lowest BCUT2D eigenvalue weighted by Gasteiger charge is -2.31. The van der Waals surface area contributed by atoms with Crippen molar-refractivity contribution < 1.29 is 14.3 Å². The van der Waals surface area contributed by atoms with E-state index in [-0.39, 0.29) is 34.6 Å². The number of benzene rings is 1. The maximum Gasteiger partial charge on any atom is 0.298 e. The number of aromatic nitrogens is 4. The van der Waals surface area contributed by atoms with E-state index in [9.17, 15) is 14.4 Å². The molecular formula is C19H20N6O4. The second-order valence-electron chi connectivity index (χ2n) is 6.95. The summed E-state index contributed by atoms with van der Waals surface area (Å²) in [6, 6.07) is 4.92. The van der Waals surface area contributed by atoms with Gasteiger partial charge in [0.05, 0.1) is 17.4 Å². The van der Waals surface area contributed by atoms with Crippen LogP contribution < -0.4 is 10.3 Å². The third-order valence-electron chi connectivity index (χ3n) is 5.07. The highest BCUT2D eigenvalue weighted by atomic mass is 16.5. The molecule has 0 spiro atoms. The first-order valence-electron chi connectivity index (χ1n) is 9.12. The van der Waals surface area contributed by atoms with Gasteiger partial charge in [0, 0.05) is 38.8 Å². The van der Waals surface area contributed by atoms with Crippen LogP contribution in [0, 0.1) is 0 Å². The molecule has 0 unspecified atom stereocenters. The number of fused-ring (bicyclic) bond motifs is 1. The molecule has 1 aliphatic rings. The predicted octanol–water partition coefficient (Wildman–Crippen LogP) is 0.246. The van der Waals surface area contributed by atoms with Crippen LogP contribution in [0.15, 0.2) is 29.3 Å². The van der Waals surface area contributed by atoms with E-state index in [4.69, 9.17) is 4.74 Å². The molecule has 1 aliphatic heterocycles. The molecular weight excluding hydrogens is 376 g/mol. The maximum absolute atomic E-state index is 12.8. The van der Waals surface area contributed by atoms with E-state index >= 15 is 0 Å². The molecule has 1 N–H and O–H groups in total. The molecule has 10 heteroatoms. The van der Waals surface area contributed by atoms with E-state index in [1.807, 2.05) is 7.05 Å². The Kier molecular flexibility index (Phi) is 4.85. The van der Waals surface area contributed by atoms with Crippen molar-refractivity contribution in [2.45, 2.75) is 0 Å². The van der Waals surface area contributed by atoms with Crippen LogP contribution in [0.3, 0.4) is 0 Å². The van der Waals surface area contributed by atoms with Crippen LogP contribution in [-0.2, 0) is 11.8 Å². The Labute approximate surface area is 165 Å². The largest absolute Gasteiger partial charge is 0.426 e. The van der Waals surface area contributed by atoms with Gasteiger partial charge in [-0.1, -0.05) is 0 Å². The van der Waals surface area contributed by atoms with E-state index in [1.165, 1.54) is 6.33 Å². The second kappa shape index (κ2) is 7.47. The number of hydrogen-bond donors (Lipinski definition) is 1. The molecule has 1 aromatic carbocycles. The van der Waals surface area contributed by atoms with Gasteiger partial charge in [0.1, 0.15) is 5.52 Å². The average Bonchev–Trinajstić information content (AvgIpc) is 3.10. The molecule has 0 bridgehead atoms. The number of piperazine rings is 1. The number of aromatic amines is 1. The van der Waals surface area contributed by atoms with Crippen LogP contribution in [0.5, 0.6) is 5.75 Å². The molecule has 1 saturated heterocycles. The van der Waals surface area contributed by atoms with Crippen molar-refractivity contribution in [1.82, 2.24) is 29.5 Å². The van der Waals surface area contributed by atoms with Crippen molar-refractivity contribution in [2.75, 3.05) is 33.2 Å². The number of rotatable bonds is 4. The molecule has 29 heavy (non-hydrogen) atoms. The van der Waals surface area contributed by atoms with Gasteiger partial charge in [0.15, 0.2) is 11.4 Å². The van der Waals surface area contributed by atoms with Crippen LogP contribution >= 0.6 is 0 Å². The zero-order valence-corrected chi connectivity index (χ0v) is 16.1. The Morgan fingerprint density at radius 1 is 1.17 bits per heavy atom. The lowest BCUT2D eigenvalue weighted by atomic mass is 10.1. The smallest absolute Gasteiger partial charge is 0.298 e. The lowest BCUT2D eigenvalue weighted by molar-refractivity contribution is -0.120. The minimum Gasteiger partial charge on any atom is -0.426 e. The number of hydrogen-bond acceptors (Lipinski definition) is 7. The van der Waals surface area contributed by atoms with Crippen molar-refractivity contribution in [3.8, 4) is 17.0 Å². The molecule has 0 radical (unpaired) electrons. The predicted molar refractivity (Wildman–Crippen MR) is 105 cm³/mol. The number of H-pyrrole nitrogens is 1. The summed E-state index contributed by atoms with van der Waals surface area (Å²) in [4.78, 5) is 46.5. The van der Waals surface area contributed by atoms with Gasteiger partial charge < -0.3 is 19.5 Å². The Morgan fingerprint density at radius 2 is 1.93 bits per heavy atom. The van der Waals surface area contributed by atoms with Crippen LogP contribution in [0.2, 0.25) is 0 Å². The number of carbonyl (C=O) groups is 2. The highest BCUT2D eigenvalue weighted by molar-refractivity contribution is 5.94. The summed E-state index contributed by atoms with van der Waals surface area (Å²) in [5.41, 5.74) is 1.44. The van der Waals surface area contributed by atoms with Crippen LogP contribution in [-0.4, -0.2) is 75.2 Å². The summed E-state index contributed by atoms with van der Waals surface area (Å²) in [6.45, 7) is 3.22. The van der Waals surface area contributed by atoms with Crippen LogP contribution in [0.1, 0.15) is 10.5 Å². The lowest BCUT2D eigenvalue weighted by Crippen LogP contribution is -2.47. The van der Waals surface area contributed by atoms with Gasteiger partial charge >= 0.3 is 0 Å². The van der Waals surface area contributed by atoms with Gasteiger partial charge in [0.25, 0.3) is 17.9 Å². The van der Waals surface area contributed by atoms with Gasteiger partial charge in [-0.3, -0.25) is 19.1 Å². The summed E-state index contributed by atoms with van der Waals surface area (Å²) < 4.78 is 6.60. The third-order valence-corrected chi connectivity index (χ3v) is 5.07. The summed E-state index contributed by atoms with van der Waals surface area (Å²) in [5.74, 6) is 0.0244. The normalized spacial score (nSPS) is 14.9. The van der Waals surface area contributed by atoms with E-state index < -0.39 is 0 Å². The first kappa shape index (κ1) is 18.8. The SMILES string of the molecule is CN1CCN(C(=O)c2cc(-c3cc(OC=O)c4nc[nH]c(=O)c4c3)n(C)n2)CC1.